The zero-order valence-electron chi connectivity index (χ0n) is 17.3. The van der Waals surface area contributed by atoms with Gasteiger partial charge in [-0.2, -0.15) is 0 Å². The molecule has 1 fully saturated rings. The van der Waals surface area contributed by atoms with Crippen LogP contribution < -0.4 is 34.1 Å². The van der Waals surface area contributed by atoms with Crippen molar-refractivity contribution in [3.63, 3.8) is 0 Å². The summed E-state index contributed by atoms with van der Waals surface area (Å²) in [4.78, 5) is 32.0. The number of aromatic nitrogens is 3. The van der Waals surface area contributed by atoms with Gasteiger partial charge >= 0.3 is 5.76 Å². The number of hydrogen-bond donors (Lipinski definition) is 4. The molecule has 12 heteroatoms. The van der Waals surface area contributed by atoms with Gasteiger partial charge in [0.1, 0.15) is 5.69 Å². The minimum Gasteiger partial charge on any atom is -1.00 e. The Hall–Kier alpha value is -2.46. The van der Waals surface area contributed by atoms with Crippen LogP contribution in [-0.4, -0.2) is 40.7 Å². The summed E-state index contributed by atoms with van der Waals surface area (Å²) in [6.07, 6.45) is 2.14. The van der Waals surface area contributed by atoms with Crippen LogP contribution in [0.25, 0.3) is 11.4 Å². The molecule has 0 saturated carbocycles. The number of H-pyrrole nitrogens is 2. The molecule has 1 aromatic carbocycles. The summed E-state index contributed by atoms with van der Waals surface area (Å²) in [5.74, 6) is -0.232. The molecule has 1 atom stereocenters. The van der Waals surface area contributed by atoms with Crippen LogP contribution in [0.5, 0.6) is 0 Å². The quantitative estimate of drug-likeness (QED) is 0.380. The van der Waals surface area contributed by atoms with Gasteiger partial charge in [0.25, 0.3) is 5.91 Å². The third kappa shape index (κ3) is 4.80. The van der Waals surface area contributed by atoms with Crippen molar-refractivity contribution < 1.29 is 27.5 Å². The highest BCUT2D eigenvalue weighted by atomic mass is 35.5. The van der Waals surface area contributed by atoms with Crippen molar-refractivity contribution in [2.75, 3.05) is 29.9 Å². The van der Waals surface area contributed by atoms with Crippen molar-refractivity contribution in [1.82, 2.24) is 15.1 Å². The SMILES string of the molecule is Cc1[nH]c(C(=O)Nc2ccc(-c3noc(=O)[nH]3)cc2N2CCCC(C[NH3+])C2)c(Cl)c1Cl.[Cl-]. The third-order valence-corrected chi connectivity index (χ3v) is 6.46. The van der Waals surface area contributed by atoms with Gasteiger partial charge in [-0.05, 0) is 38.0 Å². The van der Waals surface area contributed by atoms with Gasteiger partial charge in [0.15, 0.2) is 5.82 Å². The number of aromatic amines is 2. The van der Waals surface area contributed by atoms with E-state index in [0.717, 1.165) is 38.2 Å². The van der Waals surface area contributed by atoms with Gasteiger partial charge in [-0.1, -0.05) is 28.4 Å². The summed E-state index contributed by atoms with van der Waals surface area (Å²) in [5, 5.41) is 7.22. The zero-order chi connectivity index (χ0) is 22.1. The topological polar surface area (TPSA) is 135 Å². The van der Waals surface area contributed by atoms with E-state index in [-0.39, 0.29) is 23.1 Å². The van der Waals surface area contributed by atoms with Gasteiger partial charge in [-0.25, -0.2) is 4.79 Å². The van der Waals surface area contributed by atoms with E-state index in [1.807, 2.05) is 6.07 Å². The Labute approximate surface area is 200 Å². The highest BCUT2D eigenvalue weighted by Crippen LogP contribution is 2.35. The molecule has 32 heavy (non-hydrogen) atoms. The summed E-state index contributed by atoms with van der Waals surface area (Å²) in [7, 11) is 0. The van der Waals surface area contributed by atoms with Crippen LogP contribution in [0.1, 0.15) is 29.0 Å². The summed E-state index contributed by atoms with van der Waals surface area (Å²) in [6.45, 7) is 4.24. The van der Waals surface area contributed by atoms with E-state index >= 15 is 0 Å². The number of benzene rings is 1. The molecule has 172 valence electrons. The number of hydrogen-bond acceptors (Lipinski definition) is 5. The predicted molar refractivity (Wildman–Crippen MR) is 119 cm³/mol. The fraction of sp³-hybridized carbons (Fsp3) is 0.350. The lowest BCUT2D eigenvalue weighted by atomic mass is 9.97. The molecular weight excluding hydrogens is 479 g/mol. The molecule has 1 saturated heterocycles. The Balaban J connectivity index is 0.00000289. The molecule has 2 aromatic heterocycles. The van der Waals surface area contributed by atoms with Crippen molar-refractivity contribution in [1.29, 1.82) is 0 Å². The number of nitrogens with zero attached hydrogens (tertiary/aromatic N) is 2. The lowest BCUT2D eigenvalue weighted by Gasteiger charge is -2.34. The average Bonchev–Trinajstić information content (AvgIpc) is 3.32. The fourth-order valence-corrected chi connectivity index (χ4v) is 4.25. The van der Waals surface area contributed by atoms with Gasteiger partial charge in [-0.3, -0.25) is 14.3 Å². The molecule has 6 N–H and O–H groups in total. The first-order chi connectivity index (χ1) is 14.9. The van der Waals surface area contributed by atoms with Gasteiger partial charge in [0.2, 0.25) is 0 Å². The number of rotatable bonds is 5. The summed E-state index contributed by atoms with van der Waals surface area (Å²) in [5.41, 5.74) is 6.98. The van der Waals surface area contributed by atoms with E-state index in [2.05, 4.69) is 35.6 Å². The third-order valence-electron chi connectivity index (χ3n) is 5.51. The van der Waals surface area contributed by atoms with Gasteiger partial charge < -0.3 is 33.3 Å². The molecule has 4 rings (SSSR count). The average molecular weight is 502 g/mol. The highest BCUT2D eigenvalue weighted by molar-refractivity contribution is 6.44. The van der Waals surface area contributed by atoms with Gasteiger partial charge in [0.05, 0.1) is 28.0 Å². The molecule has 1 aliphatic heterocycles. The minimum absolute atomic E-state index is 0. The van der Waals surface area contributed by atoms with E-state index < -0.39 is 11.7 Å². The summed E-state index contributed by atoms with van der Waals surface area (Å²) >= 11 is 12.3. The number of carbonyl (C=O) groups is 1. The second-order valence-electron chi connectivity index (χ2n) is 7.63. The summed E-state index contributed by atoms with van der Waals surface area (Å²) < 4.78 is 4.63. The Morgan fingerprint density at radius 3 is 2.75 bits per heavy atom. The number of anilines is 2. The number of piperidine rings is 1. The largest absolute Gasteiger partial charge is 1.00 e. The maximum atomic E-state index is 12.9. The molecule has 1 aliphatic rings. The standard InChI is InChI=1S/C20H22Cl2N6O3.ClH/c1-10-15(21)16(22)17(24-10)19(29)25-13-5-4-12(18-26-20(30)31-27-18)7-14(13)28-6-2-3-11(8-23)9-28;/h4-5,7,11,24H,2-3,6,8-9,23H2,1H3,(H,25,29)(H,26,27,30);1H. The Bertz CT molecular complexity index is 1170. The Morgan fingerprint density at radius 2 is 2.12 bits per heavy atom. The minimum atomic E-state index is -0.627. The Morgan fingerprint density at radius 1 is 1.34 bits per heavy atom. The van der Waals surface area contributed by atoms with Crippen LogP contribution in [0.3, 0.4) is 0 Å². The number of aryl methyl sites for hydroxylation is 1. The van der Waals surface area contributed by atoms with E-state index in [0.29, 0.717) is 33.7 Å². The fourth-order valence-electron chi connectivity index (χ4n) is 3.83. The molecule has 0 radical (unpaired) electrons. The van der Waals surface area contributed by atoms with E-state index in [4.69, 9.17) is 23.2 Å². The zero-order valence-corrected chi connectivity index (χ0v) is 19.6. The molecular formula is C20H23Cl3N6O3. The molecule has 0 bridgehead atoms. The monoisotopic (exact) mass is 500 g/mol. The van der Waals surface area contributed by atoms with Crippen LogP contribution >= 0.6 is 23.2 Å². The van der Waals surface area contributed by atoms with Crippen molar-refractivity contribution in [2.45, 2.75) is 19.8 Å². The second kappa shape index (κ2) is 9.99. The smallest absolute Gasteiger partial charge is 0.439 e. The normalized spacial score (nSPS) is 16.0. The van der Waals surface area contributed by atoms with Crippen LogP contribution in [0, 0.1) is 12.8 Å². The highest BCUT2D eigenvalue weighted by Gasteiger charge is 2.25. The lowest BCUT2D eigenvalue weighted by molar-refractivity contribution is -0.379. The van der Waals surface area contributed by atoms with Crippen LogP contribution in [0.4, 0.5) is 11.4 Å². The molecule has 9 nitrogen and oxygen atoms in total. The number of quaternary nitrogens is 1. The first-order valence-electron chi connectivity index (χ1n) is 9.97. The Kier molecular flexibility index (Phi) is 7.55. The van der Waals surface area contributed by atoms with Crippen LogP contribution in [0.15, 0.2) is 27.5 Å². The molecule has 3 heterocycles. The van der Waals surface area contributed by atoms with E-state index in [1.165, 1.54) is 0 Å². The number of halogens is 3. The predicted octanol–water partition coefficient (Wildman–Crippen LogP) is -0.312. The number of carbonyl (C=O) groups excluding carboxylic acids is 1. The first-order valence-corrected chi connectivity index (χ1v) is 10.7. The number of amides is 1. The van der Waals surface area contributed by atoms with Crippen molar-refractivity contribution >= 4 is 40.5 Å². The summed E-state index contributed by atoms with van der Waals surface area (Å²) in [6, 6.07) is 5.41. The number of nitrogens with one attached hydrogen (secondary N) is 3. The maximum Gasteiger partial charge on any atom is 0.439 e. The molecule has 1 amide bonds. The van der Waals surface area contributed by atoms with Crippen molar-refractivity contribution in [3.8, 4) is 11.4 Å². The van der Waals surface area contributed by atoms with E-state index in [1.54, 1.807) is 19.1 Å². The second-order valence-corrected chi connectivity index (χ2v) is 8.38. The molecule has 0 spiro atoms. The molecule has 1 unspecified atom stereocenters. The lowest BCUT2D eigenvalue weighted by Crippen LogP contribution is -3.00. The van der Waals surface area contributed by atoms with Crippen LogP contribution in [0.2, 0.25) is 10.0 Å². The molecule has 3 aromatic rings. The molecule has 0 aliphatic carbocycles. The van der Waals surface area contributed by atoms with Gasteiger partial charge in [-0.15, -0.1) is 0 Å². The maximum absolute atomic E-state index is 12.9. The van der Waals surface area contributed by atoms with Crippen LogP contribution in [-0.2, 0) is 0 Å². The van der Waals surface area contributed by atoms with E-state index in [9.17, 15) is 9.59 Å². The van der Waals surface area contributed by atoms with Crippen molar-refractivity contribution in [2.24, 2.45) is 5.92 Å². The van der Waals surface area contributed by atoms with Gasteiger partial charge in [0, 0.05) is 30.3 Å². The van der Waals surface area contributed by atoms with Crippen molar-refractivity contribution in [3.05, 3.63) is 50.2 Å². The first kappa shape index (κ1) is 24.2.